The molecular formula is C27H24ClNO4. The Morgan fingerprint density at radius 2 is 1.55 bits per heavy atom. The molecule has 1 aliphatic carbocycles. The summed E-state index contributed by atoms with van der Waals surface area (Å²) in [5, 5.41) is 10.3. The summed E-state index contributed by atoms with van der Waals surface area (Å²) in [5.74, 6) is -1.72. The van der Waals surface area contributed by atoms with Gasteiger partial charge in [0.15, 0.2) is 0 Å². The maximum absolute atomic E-state index is 13.0. The molecule has 0 radical (unpaired) electrons. The number of fused-ring (bicyclic) bond motifs is 3. The number of carbonyl (C=O) groups is 2. The van der Waals surface area contributed by atoms with Crippen LogP contribution in [0.4, 0.5) is 4.79 Å². The van der Waals surface area contributed by atoms with Crippen molar-refractivity contribution in [1.29, 1.82) is 0 Å². The highest BCUT2D eigenvalue weighted by molar-refractivity contribution is 6.30. The van der Waals surface area contributed by atoms with E-state index in [0.29, 0.717) is 24.5 Å². The summed E-state index contributed by atoms with van der Waals surface area (Å²) in [7, 11) is 0. The van der Waals surface area contributed by atoms with Crippen LogP contribution in [0.2, 0.25) is 5.02 Å². The number of hydrogen-bond acceptors (Lipinski definition) is 3. The minimum atomic E-state index is -0.845. The molecule has 1 fully saturated rings. The Labute approximate surface area is 197 Å². The monoisotopic (exact) mass is 461 g/mol. The van der Waals surface area contributed by atoms with Crippen LogP contribution in [-0.2, 0) is 9.53 Å². The topological polar surface area (TPSA) is 66.8 Å². The molecule has 2 unspecified atom stereocenters. The van der Waals surface area contributed by atoms with Gasteiger partial charge >= 0.3 is 12.1 Å². The van der Waals surface area contributed by atoms with E-state index in [4.69, 9.17) is 16.3 Å². The lowest BCUT2D eigenvalue weighted by Gasteiger charge is -2.36. The Morgan fingerprint density at radius 3 is 2.15 bits per heavy atom. The third-order valence-electron chi connectivity index (χ3n) is 6.82. The molecule has 3 aromatic carbocycles. The van der Waals surface area contributed by atoms with E-state index in [1.807, 2.05) is 36.4 Å². The van der Waals surface area contributed by atoms with Crippen LogP contribution in [0.3, 0.4) is 0 Å². The van der Waals surface area contributed by atoms with Crippen molar-refractivity contribution >= 4 is 23.7 Å². The van der Waals surface area contributed by atoms with E-state index in [0.717, 1.165) is 16.7 Å². The van der Waals surface area contributed by atoms with E-state index in [9.17, 15) is 14.7 Å². The molecule has 1 heterocycles. The second kappa shape index (κ2) is 8.91. The molecule has 5 nitrogen and oxygen atoms in total. The van der Waals surface area contributed by atoms with Crippen molar-refractivity contribution < 1.29 is 19.4 Å². The lowest BCUT2D eigenvalue weighted by molar-refractivity contribution is -0.144. The number of likely N-dealkylation sites (tertiary alicyclic amines) is 1. The number of amides is 1. The fourth-order valence-corrected chi connectivity index (χ4v) is 5.27. The molecule has 1 amide bonds. The number of carboxylic acid groups (broad SMARTS) is 1. The van der Waals surface area contributed by atoms with Crippen LogP contribution in [0.5, 0.6) is 0 Å². The van der Waals surface area contributed by atoms with Crippen LogP contribution < -0.4 is 0 Å². The van der Waals surface area contributed by atoms with Gasteiger partial charge in [0.1, 0.15) is 6.61 Å². The van der Waals surface area contributed by atoms with E-state index < -0.39 is 18.0 Å². The van der Waals surface area contributed by atoms with Crippen LogP contribution in [-0.4, -0.2) is 41.8 Å². The zero-order valence-corrected chi connectivity index (χ0v) is 18.7. The molecule has 6 heteroatoms. The Balaban J connectivity index is 1.31. The fourth-order valence-electron chi connectivity index (χ4n) is 5.15. The van der Waals surface area contributed by atoms with E-state index in [1.165, 1.54) is 11.1 Å². The number of piperidine rings is 1. The van der Waals surface area contributed by atoms with Crippen LogP contribution in [0, 0.1) is 5.92 Å². The number of ether oxygens (including phenoxy) is 1. The highest BCUT2D eigenvalue weighted by Gasteiger charge is 2.38. The molecule has 2 atom stereocenters. The van der Waals surface area contributed by atoms with Crippen LogP contribution in [0.1, 0.15) is 34.9 Å². The van der Waals surface area contributed by atoms with E-state index in [-0.39, 0.29) is 18.4 Å². The van der Waals surface area contributed by atoms with Crippen molar-refractivity contribution in [2.24, 2.45) is 5.92 Å². The average molecular weight is 462 g/mol. The van der Waals surface area contributed by atoms with Crippen molar-refractivity contribution in [2.75, 3.05) is 19.7 Å². The first-order valence-corrected chi connectivity index (χ1v) is 11.5. The molecule has 0 aromatic heterocycles. The van der Waals surface area contributed by atoms with Crippen LogP contribution in [0.25, 0.3) is 11.1 Å². The third-order valence-corrected chi connectivity index (χ3v) is 7.07. The van der Waals surface area contributed by atoms with Gasteiger partial charge in [-0.25, -0.2) is 4.79 Å². The standard InChI is InChI=1S/C27H24ClNO4/c28-18-11-9-17(10-12-18)24-15-29(14-13-23(24)26(30)31)27(32)33-16-25-21-7-3-1-5-19(21)20-6-2-4-8-22(20)25/h1-12,23-25H,13-16H2,(H,30,31). The summed E-state index contributed by atoms with van der Waals surface area (Å²) in [6.45, 7) is 0.907. The first-order chi connectivity index (χ1) is 16.0. The number of carboxylic acids is 1. The number of halogens is 1. The zero-order chi connectivity index (χ0) is 22.9. The molecule has 0 spiro atoms. The molecule has 33 heavy (non-hydrogen) atoms. The molecule has 0 saturated carbocycles. The molecule has 5 rings (SSSR count). The Bertz CT molecular complexity index is 1150. The van der Waals surface area contributed by atoms with Gasteiger partial charge in [-0.15, -0.1) is 0 Å². The largest absolute Gasteiger partial charge is 0.481 e. The van der Waals surface area contributed by atoms with E-state index >= 15 is 0 Å². The van der Waals surface area contributed by atoms with Gasteiger partial charge in [-0.05, 0) is 46.4 Å². The number of nitrogens with zero attached hydrogens (tertiary/aromatic N) is 1. The van der Waals surface area contributed by atoms with Crippen molar-refractivity contribution in [1.82, 2.24) is 4.90 Å². The lowest BCUT2D eigenvalue weighted by Crippen LogP contribution is -2.45. The summed E-state index contributed by atoms with van der Waals surface area (Å²) >= 11 is 6.00. The Kier molecular flexibility index (Phi) is 5.81. The van der Waals surface area contributed by atoms with Crippen molar-refractivity contribution in [3.05, 3.63) is 94.5 Å². The normalized spacial score (nSPS) is 19.6. The minimum Gasteiger partial charge on any atom is -0.481 e. The van der Waals surface area contributed by atoms with E-state index in [2.05, 4.69) is 24.3 Å². The average Bonchev–Trinajstić information content (AvgIpc) is 3.16. The lowest BCUT2D eigenvalue weighted by atomic mass is 9.81. The van der Waals surface area contributed by atoms with Crippen LogP contribution >= 0.6 is 11.6 Å². The Hall–Kier alpha value is -3.31. The Morgan fingerprint density at radius 1 is 0.939 bits per heavy atom. The SMILES string of the molecule is O=C(O)C1CCN(C(=O)OCC2c3ccccc3-c3ccccc32)CC1c1ccc(Cl)cc1. The second-order valence-corrected chi connectivity index (χ2v) is 9.08. The van der Waals surface area contributed by atoms with Gasteiger partial charge in [-0.2, -0.15) is 0 Å². The molecule has 2 aliphatic rings. The summed E-state index contributed by atoms with van der Waals surface area (Å²) < 4.78 is 5.80. The maximum atomic E-state index is 13.0. The highest BCUT2D eigenvalue weighted by atomic mass is 35.5. The second-order valence-electron chi connectivity index (χ2n) is 8.64. The first kappa shape index (κ1) is 21.5. The minimum absolute atomic E-state index is 0.00929. The fraction of sp³-hybridized carbons (Fsp3) is 0.259. The molecule has 1 N–H and O–H groups in total. The predicted molar refractivity (Wildman–Crippen MR) is 127 cm³/mol. The summed E-state index contributed by atoms with van der Waals surface area (Å²) in [6.07, 6.45) is -0.0213. The number of aliphatic carboxylic acids is 1. The van der Waals surface area contributed by atoms with Gasteiger partial charge in [0, 0.05) is 29.9 Å². The van der Waals surface area contributed by atoms with Gasteiger partial charge in [-0.1, -0.05) is 72.3 Å². The predicted octanol–water partition coefficient (Wildman–Crippen LogP) is 5.78. The number of rotatable bonds is 4. The van der Waals surface area contributed by atoms with E-state index in [1.54, 1.807) is 17.0 Å². The van der Waals surface area contributed by atoms with Gasteiger partial charge in [0.25, 0.3) is 0 Å². The smallest absolute Gasteiger partial charge is 0.409 e. The molecular weight excluding hydrogens is 438 g/mol. The first-order valence-electron chi connectivity index (χ1n) is 11.1. The molecule has 1 aliphatic heterocycles. The summed E-state index contributed by atoms with van der Waals surface area (Å²) in [5.41, 5.74) is 5.55. The number of hydrogen-bond donors (Lipinski definition) is 1. The zero-order valence-electron chi connectivity index (χ0n) is 18.0. The van der Waals surface area contributed by atoms with Gasteiger partial charge in [0.05, 0.1) is 5.92 Å². The quantitative estimate of drug-likeness (QED) is 0.534. The van der Waals surface area contributed by atoms with Gasteiger partial charge < -0.3 is 14.7 Å². The van der Waals surface area contributed by atoms with Crippen molar-refractivity contribution in [3.8, 4) is 11.1 Å². The molecule has 168 valence electrons. The highest BCUT2D eigenvalue weighted by Crippen LogP contribution is 2.44. The number of carbonyl (C=O) groups excluding carboxylic acids is 1. The van der Waals surface area contributed by atoms with Crippen molar-refractivity contribution in [3.63, 3.8) is 0 Å². The molecule has 3 aromatic rings. The molecule has 0 bridgehead atoms. The van der Waals surface area contributed by atoms with Crippen molar-refractivity contribution in [2.45, 2.75) is 18.3 Å². The van der Waals surface area contributed by atoms with Gasteiger partial charge in [-0.3, -0.25) is 4.79 Å². The van der Waals surface area contributed by atoms with Gasteiger partial charge in [0.2, 0.25) is 0 Å². The van der Waals surface area contributed by atoms with Crippen LogP contribution in [0.15, 0.2) is 72.8 Å². The summed E-state index contributed by atoms with van der Waals surface area (Å²) in [4.78, 5) is 26.5. The molecule has 1 saturated heterocycles. The summed E-state index contributed by atoms with van der Waals surface area (Å²) in [6, 6.07) is 23.6. The number of benzene rings is 3. The third kappa shape index (κ3) is 4.09. The maximum Gasteiger partial charge on any atom is 0.409 e.